The molecule has 0 unspecified atom stereocenters. The minimum atomic E-state index is -0.00951. The van der Waals surface area contributed by atoms with Crippen molar-refractivity contribution in [3.63, 3.8) is 0 Å². The molecule has 0 spiro atoms. The second-order valence-corrected chi connectivity index (χ2v) is 7.56. The molecule has 2 aromatic heterocycles. The molecule has 25 heavy (non-hydrogen) atoms. The first-order chi connectivity index (χ1) is 12.2. The van der Waals surface area contributed by atoms with Gasteiger partial charge < -0.3 is 0 Å². The van der Waals surface area contributed by atoms with Crippen molar-refractivity contribution < 1.29 is 0 Å². The van der Waals surface area contributed by atoms with E-state index < -0.39 is 0 Å². The first-order valence-corrected chi connectivity index (χ1v) is 9.83. The van der Waals surface area contributed by atoms with Gasteiger partial charge in [-0.25, -0.2) is 4.98 Å². The van der Waals surface area contributed by atoms with Crippen LogP contribution < -0.4 is 5.56 Å². The predicted molar refractivity (Wildman–Crippen MR) is 106 cm³/mol. The Morgan fingerprint density at radius 1 is 1.04 bits per heavy atom. The summed E-state index contributed by atoms with van der Waals surface area (Å²) in [5.74, 6) is 0.781. The summed E-state index contributed by atoms with van der Waals surface area (Å²) in [4.78, 5) is 18.6. The quantitative estimate of drug-likeness (QED) is 0.375. The summed E-state index contributed by atoms with van der Waals surface area (Å²) in [5.41, 5.74) is 3.35. The van der Waals surface area contributed by atoms with E-state index in [9.17, 15) is 4.79 Å². The monoisotopic (exact) mass is 364 g/mol. The van der Waals surface area contributed by atoms with Gasteiger partial charge in [0, 0.05) is 5.75 Å². The number of hydrogen-bond acceptors (Lipinski definition) is 4. The van der Waals surface area contributed by atoms with Crippen LogP contribution in [0.1, 0.15) is 11.1 Å². The normalized spacial score (nSPS) is 11.1. The Hall–Kier alpha value is -2.37. The van der Waals surface area contributed by atoms with E-state index in [2.05, 4.69) is 19.1 Å². The molecule has 4 rings (SSSR count). The third-order valence-corrected chi connectivity index (χ3v) is 5.89. The molecule has 0 saturated heterocycles. The minimum absolute atomic E-state index is 0.00951. The van der Waals surface area contributed by atoms with Crippen LogP contribution in [0.15, 0.2) is 76.0 Å². The molecule has 2 heterocycles. The van der Waals surface area contributed by atoms with Crippen molar-refractivity contribution in [1.29, 1.82) is 0 Å². The van der Waals surface area contributed by atoms with E-state index in [4.69, 9.17) is 4.98 Å². The maximum atomic E-state index is 13.0. The van der Waals surface area contributed by atoms with Gasteiger partial charge in [0.15, 0.2) is 5.16 Å². The van der Waals surface area contributed by atoms with Crippen molar-refractivity contribution in [2.75, 3.05) is 0 Å². The zero-order valence-electron chi connectivity index (χ0n) is 13.7. The van der Waals surface area contributed by atoms with Crippen LogP contribution in [0.5, 0.6) is 0 Å². The summed E-state index contributed by atoms with van der Waals surface area (Å²) in [6.07, 6.45) is 0. The Kier molecular flexibility index (Phi) is 4.42. The summed E-state index contributed by atoms with van der Waals surface area (Å²) >= 11 is 3.11. The molecular formula is C20H16N2OS2. The molecule has 0 amide bonds. The number of rotatable bonds is 4. The van der Waals surface area contributed by atoms with E-state index >= 15 is 0 Å². The molecule has 0 aliphatic heterocycles. The van der Waals surface area contributed by atoms with Crippen molar-refractivity contribution in [3.05, 3.63) is 87.5 Å². The number of fused-ring (bicyclic) bond motifs is 1. The molecule has 0 aliphatic rings. The van der Waals surface area contributed by atoms with Gasteiger partial charge in [0.2, 0.25) is 0 Å². The van der Waals surface area contributed by atoms with E-state index in [1.807, 2.05) is 53.9 Å². The summed E-state index contributed by atoms with van der Waals surface area (Å²) in [6.45, 7) is 2.11. The number of aromatic nitrogens is 2. The summed E-state index contributed by atoms with van der Waals surface area (Å²) in [5, 5.41) is 3.33. The lowest BCUT2D eigenvalue weighted by atomic mass is 10.1. The maximum absolute atomic E-state index is 13.0. The minimum Gasteiger partial charge on any atom is -0.268 e. The number of nitrogens with zero attached hydrogens (tertiary/aromatic N) is 2. The van der Waals surface area contributed by atoms with Gasteiger partial charge in [0.05, 0.1) is 11.1 Å². The van der Waals surface area contributed by atoms with E-state index in [0.29, 0.717) is 5.39 Å². The molecule has 124 valence electrons. The molecular weight excluding hydrogens is 348 g/mol. The second-order valence-electron chi connectivity index (χ2n) is 5.73. The van der Waals surface area contributed by atoms with Gasteiger partial charge >= 0.3 is 0 Å². The molecule has 0 aliphatic carbocycles. The molecule has 3 nitrogen and oxygen atoms in total. The second kappa shape index (κ2) is 6.86. The number of thioether (sulfide) groups is 1. The fourth-order valence-electron chi connectivity index (χ4n) is 2.71. The highest BCUT2D eigenvalue weighted by atomic mass is 32.2. The highest BCUT2D eigenvalue weighted by Gasteiger charge is 2.14. The Bertz CT molecular complexity index is 1080. The SMILES string of the molecule is Cc1ccccc1CSc1nc2sccc2c(=O)n1-c1ccccc1. The first kappa shape index (κ1) is 16.1. The van der Waals surface area contributed by atoms with Crippen LogP contribution in [0.3, 0.4) is 0 Å². The van der Waals surface area contributed by atoms with Gasteiger partial charge in [-0.2, -0.15) is 0 Å². The van der Waals surface area contributed by atoms with Gasteiger partial charge in [-0.3, -0.25) is 9.36 Å². The van der Waals surface area contributed by atoms with E-state index in [1.54, 1.807) is 16.3 Å². The Labute approximate surface area is 154 Å². The fourth-order valence-corrected chi connectivity index (χ4v) is 4.60. The number of benzene rings is 2. The molecule has 2 aromatic carbocycles. The Morgan fingerprint density at radius 3 is 2.60 bits per heavy atom. The van der Waals surface area contributed by atoms with Crippen molar-refractivity contribution in [2.24, 2.45) is 0 Å². The summed E-state index contributed by atoms with van der Waals surface area (Å²) in [6, 6.07) is 19.9. The van der Waals surface area contributed by atoms with E-state index in [-0.39, 0.29) is 5.56 Å². The first-order valence-electron chi connectivity index (χ1n) is 7.97. The van der Waals surface area contributed by atoms with Crippen LogP contribution in [0.4, 0.5) is 0 Å². The molecule has 0 N–H and O–H groups in total. The van der Waals surface area contributed by atoms with Crippen LogP contribution in [-0.2, 0) is 5.75 Å². The van der Waals surface area contributed by atoms with Crippen molar-refractivity contribution in [2.45, 2.75) is 17.8 Å². The van der Waals surface area contributed by atoms with Crippen LogP contribution >= 0.6 is 23.1 Å². The number of thiophene rings is 1. The average molecular weight is 364 g/mol. The Morgan fingerprint density at radius 2 is 1.80 bits per heavy atom. The van der Waals surface area contributed by atoms with Crippen molar-refractivity contribution in [1.82, 2.24) is 9.55 Å². The molecule has 0 saturated carbocycles. The highest BCUT2D eigenvalue weighted by molar-refractivity contribution is 7.98. The van der Waals surface area contributed by atoms with Crippen LogP contribution in [0.25, 0.3) is 15.9 Å². The Balaban J connectivity index is 1.82. The zero-order valence-corrected chi connectivity index (χ0v) is 15.3. The largest absolute Gasteiger partial charge is 0.268 e. The lowest BCUT2D eigenvalue weighted by molar-refractivity contribution is 0.822. The van der Waals surface area contributed by atoms with Gasteiger partial charge in [-0.05, 0) is 41.6 Å². The van der Waals surface area contributed by atoms with Gasteiger partial charge in [-0.1, -0.05) is 54.2 Å². The predicted octanol–water partition coefficient (Wildman–Crippen LogP) is 5.05. The maximum Gasteiger partial charge on any atom is 0.267 e. The standard InChI is InChI=1S/C20H16N2OS2/c1-14-7-5-6-8-15(14)13-25-20-21-18-17(11-12-24-18)19(23)22(20)16-9-3-2-4-10-16/h2-12H,13H2,1H3. The number of para-hydroxylation sites is 1. The average Bonchev–Trinajstić information content (AvgIpc) is 3.11. The molecule has 5 heteroatoms. The van der Waals surface area contributed by atoms with E-state index in [1.165, 1.54) is 22.5 Å². The summed E-state index contributed by atoms with van der Waals surface area (Å²) in [7, 11) is 0. The topological polar surface area (TPSA) is 34.9 Å². The van der Waals surface area contributed by atoms with Crippen molar-refractivity contribution >= 4 is 33.3 Å². The molecule has 0 fully saturated rings. The smallest absolute Gasteiger partial charge is 0.267 e. The van der Waals surface area contributed by atoms with E-state index in [0.717, 1.165) is 21.4 Å². The van der Waals surface area contributed by atoms with Crippen LogP contribution in [-0.4, -0.2) is 9.55 Å². The van der Waals surface area contributed by atoms with Gasteiger partial charge in [-0.15, -0.1) is 11.3 Å². The van der Waals surface area contributed by atoms with Gasteiger partial charge in [0.25, 0.3) is 5.56 Å². The number of hydrogen-bond donors (Lipinski definition) is 0. The number of aryl methyl sites for hydroxylation is 1. The van der Waals surface area contributed by atoms with Gasteiger partial charge in [0.1, 0.15) is 4.83 Å². The molecule has 0 bridgehead atoms. The lowest BCUT2D eigenvalue weighted by Gasteiger charge is -2.12. The zero-order chi connectivity index (χ0) is 17.2. The van der Waals surface area contributed by atoms with Crippen LogP contribution in [0.2, 0.25) is 0 Å². The highest BCUT2D eigenvalue weighted by Crippen LogP contribution is 2.27. The fraction of sp³-hybridized carbons (Fsp3) is 0.100. The van der Waals surface area contributed by atoms with Crippen molar-refractivity contribution in [3.8, 4) is 5.69 Å². The summed E-state index contributed by atoms with van der Waals surface area (Å²) < 4.78 is 1.72. The third kappa shape index (κ3) is 3.13. The molecule has 4 aromatic rings. The lowest BCUT2D eigenvalue weighted by Crippen LogP contribution is -2.21. The third-order valence-electron chi connectivity index (χ3n) is 4.10. The molecule has 0 radical (unpaired) electrons. The van der Waals surface area contributed by atoms with Crippen LogP contribution in [0, 0.1) is 6.92 Å². The molecule has 0 atom stereocenters.